The molecule has 0 bridgehead atoms. The summed E-state index contributed by atoms with van der Waals surface area (Å²) in [5, 5.41) is 37.4. The number of benzene rings is 1. The van der Waals surface area contributed by atoms with E-state index in [1.54, 1.807) is 0 Å². The molecule has 0 amide bonds. The van der Waals surface area contributed by atoms with Crippen molar-refractivity contribution >= 4 is 0 Å². The second kappa shape index (κ2) is 3.31. The first-order valence-corrected chi connectivity index (χ1v) is 4.91. The molecule has 4 nitrogen and oxygen atoms in total. The van der Waals surface area contributed by atoms with Crippen LogP contribution < -0.4 is 0 Å². The molecule has 0 aromatic heterocycles. The number of aliphatic hydroxyl groups excluding tert-OH is 1. The fourth-order valence-electron chi connectivity index (χ4n) is 1.75. The average Bonchev–Trinajstić information content (AvgIpc) is 2.92. The van der Waals surface area contributed by atoms with Crippen LogP contribution >= 0.6 is 0 Å². The Balaban J connectivity index is 2.28. The number of phenols is 3. The number of phenolic OH excluding ortho intramolecular Hbond substituents is 3. The Morgan fingerprint density at radius 3 is 2.00 bits per heavy atom. The van der Waals surface area contributed by atoms with Crippen LogP contribution in [0.4, 0.5) is 0 Å². The fraction of sp³-hybridized carbons (Fsp3) is 0.455. The molecule has 0 radical (unpaired) electrons. The summed E-state index contributed by atoms with van der Waals surface area (Å²) in [6.45, 7) is 0.0623. The molecule has 0 unspecified atom stereocenters. The molecule has 4 heteroatoms. The Bertz CT molecular complexity index is 359. The number of aromatic hydroxyl groups is 3. The van der Waals surface area contributed by atoms with Crippen LogP contribution in [-0.4, -0.2) is 27.0 Å². The van der Waals surface area contributed by atoms with E-state index in [9.17, 15) is 10.2 Å². The number of hydrogen-bond acceptors (Lipinski definition) is 4. The number of aliphatic hydroxyl groups is 1. The minimum atomic E-state index is -0.175. The highest BCUT2D eigenvalue weighted by Gasteiger charge is 2.43. The van der Waals surface area contributed by atoms with Crippen LogP contribution in [-0.2, 0) is 6.42 Å². The zero-order chi connectivity index (χ0) is 11.1. The van der Waals surface area contributed by atoms with E-state index in [2.05, 4.69) is 0 Å². The molecule has 1 aliphatic carbocycles. The molecular formula is C11H14O4. The summed E-state index contributed by atoms with van der Waals surface area (Å²) >= 11 is 0. The van der Waals surface area contributed by atoms with E-state index >= 15 is 0 Å². The van der Waals surface area contributed by atoms with Crippen LogP contribution in [0.1, 0.15) is 18.4 Å². The van der Waals surface area contributed by atoms with Gasteiger partial charge in [0.25, 0.3) is 0 Å². The molecule has 1 aromatic carbocycles. The SMILES string of the molecule is OCC1(Cc2c(O)cc(O)cc2O)CC1. The van der Waals surface area contributed by atoms with Crippen molar-refractivity contribution in [2.45, 2.75) is 19.3 Å². The van der Waals surface area contributed by atoms with E-state index in [1.165, 1.54) is 12.1 Å². The minimum Gasteiger partial charge on any atom is -0.508 e. The zero-order valence-electron chi connectivity index (χ0n) is 8.27. The standard InChI is InChI=1S/C11H14O4/c12-6-11(1-2-11)5-8-9(14)3-7(13)4-10(8)15/h3-4,12-15H,1-2,5-6H2. The molecule has 1 saturated carbocycles. The second-order valence-corrected chi connectivity index (χ2v) is 4.30. The van der Waals surface area contributed by atoms with Gasteiger partial charge in [-0.25, -0.2) is 0 Å². The van der Waals surface area contributed by atoms with Gasteiger partial charge in [0.2, 0.25) is 0 Å². The lowest BCUT2D eigenvalue weighted by Crippen LogP contribution is -2.10. The Morgan fingerprint density at radius 2 is 1.60 bits per heavy atom. The van der Waals surface area contributed by atoms with Crippen molar-refractivity contribution in [2.24, 2.45) is 5.41 Å². The molecule has 1 fully saturated rings. The van der Waals surface area contributed by atoms with E-state index in [0.29, 0.717) is 12.0 Å². The Morgan fingerprint density at radius 1 is 1.07 bits per heavy atom. The minimum absolute atomic E-state index is 0.0623. The highest BCUT2D eigenvalue weighted by atomic mass is 16.3. The predicted molar refractivity (Wildman–Crippen MR) is 53.9 cm³/mol. The Labute approximate surface area is 87.4 Å². The average molecular weight is 210 g/mol. The third kappa shape index (κ3) is 1.85. The van der Waals surface area contributed by atoms with Gasteiger partial charge in [0, 0.05) is 24.3 Å². The second-order valence-electron chi connectivity index (χ2n) is 4.30. The van der Waals surface area contributed by atoms with Crippen LogP contribution in [0.15, 0.2) is 12.1 Å². The maximum absolute atomic E-state index is 9.56. The molecule has 0 aliphatic heterocycles. The van der Waals surface area contributed by atoms with Gasteiger partial charge in [0.15, 0.2) is 0 Å². The molecule has 0 atom stereocenters. The lowest BCUT2D eigenvalue weighted by atomic mass is 9.96. The molecule has 15 heavy (non-hydrogen) atoms. The van der Waals surface area contributed by atoms with E-state index < -0.39 is 0 Å². The van der Waals surface area contributed by atoms with Gasteiger partial charge < -0.3 is 20.4 Å². The summed E-state index contributed by atoms with van der Waals surface area (Å²) in [4.78, 5) is 0. The van der Waals surface area contributed by atoms with Gasteiger partial charge in [0.05, 0.1) is 0 Å². The molecule has 1 aliphatic rings. The normalized spacial score (nSPS) is 17.7. The third-order valence-corrected chi connectivity index (χ3v) is 3.03. The molecular weight excluding hydrogens is 196 g/mol. The molecule has 1 aromatic rings. The number of hydrogen-bond donors (Lipinski definition) is 4. The number of rotatable bonds is 3. The summed E-state index contributed by atoms with van der Waals surface area (Å²) in [7, 11) is 0. The topological polar surface area (TPSA) is 80.9 Å². The van der Waals surface area contributed by atoms with Crippen LogP contribution in [0, 0.1) is 5.41 Å². The highest BCUT2D eigenvalue weighted by molar-refractivity contribution is 5.49. The van der Waals surface area contributed by atoms with Crippen molar-refractivity contribution < 1.29 is 20.4 Å². The lowest BCUT2D eigenvalue weighted by molar-refractivity contribution is 0.209. The largest absolute Gasteiger partial charge is 0.508 e. The fourth-order valence-corrected chi connectivity index (χ4v) is 1.75. The van der Waals surface area contributed by atoms with Crippen molar-refractivity contribution in [3.63, 3.8) is 0 Å². The van der Waals surface area contributed by atoms with E-state index in [-0.39, 0.29) is 29.3 Å². The first kappa shape index (κ1) is 10.1. The molecule has 2 rings (SSSR count). The summed E-state index contributed by atoms with van der Waals surface area (Å²) in [6.07, 6.45) is 2.26. The maximum Gasteiger partial charge on any atom is 0.126 e. The van der Waals surface area contributed by atoms with E-state index in [0.717, 1.165) is 12.8 Å². The van der Waals surface area contributed by atoms with Gasteiger partial charge >= 0.3 is 0 Å². The van der Waals surface area contributed by atoms with Crippen LogP contribution in [0.2, 0.25) is 0 Å². The summed E-state index contributed by atoms with van der Waals surface area (Å²) in [6, 6.07) is 2.39. The molecule has 0 heterocycles. The van der Waals surface area contributed by atoms with Gasteiger partial charge in [-0.05, 0) is 24.7 Å². The molecule has 0 saturated heterocycles. The zero-order valence-corrected chi connectivity index (χ0v) is 8.27. The van der Waals surface area contributed by atoms with Crippen molar-refractivity contribution in [2.75, 3.05) is 6.61 Å². The summed E-state index contributed by atoms with van der Waals surface area (Å²) < 4.78 is 0. The molecule has 4 N–H and O–H groups in total. The third-order valence-electron chi connectivity index (χ3n) is 3.03. The van der Waals surface area contributed by atoms with Gasteiger partial charge in [-0.3, -0.25) is 0 Å². The van der Waals surface area contributed by atoms with Crippen molar-refractivity contribution in [3.8, 4) is 17.2 Å². The van der Waals surface area contributed by atoms with Gasteiger partial charge in [-0.15, -0.1) is 0 Å². The Kier molecular flexibility index (Phi) is 2.23. The summed E-state index contributed by atoms with van der Waals surface area (Å²) in [5.74, 6) is -0.401. The monoisotopic (exact) mass is 210 g/mol. The van der Waals surface area contributed by atoms with Crippen LogP contribution in [0.25, 0.3) is 0 Å². The van der Waals surface area contributed by atoms with Crippen LogP contribution in [0.5, 0.6) is 17.2 Å². The lowest BCUT2D eigenvalue weighted by Gasteiger charge is -2.14. The van der Waals surface area contributed by atoms with Crippen molar-refractivity contribution in [1.29, 1.82) is 0 Å². The first-order valence-electron chi connectivity index (χ1n) is 4.91. The van der Waals surface area contributed by atoms with Crippen LogP contribution in [0.3, 0.4) is 0 Å². The molecule has 0 spiro atoms. The van der Waals surface area contributed by atoms with E-state index in [4.69, 9.17) is 10.2 Å². The van der Waals surface area contributed by atoms with Gasteiger partial charge in [-0.2, -0.15) is 0 Å². The maximum atomic E-state index is 9.56. The highest BCUT2D eigenvalue weighted by Crippen LogP contribution is 2.50. The smallest absolute Gasteiger partial charge is 0.126 e. The first-order chi connectivity index (χ1) is 7.06. The Hall–Kier alpha value is -1.42. The predicted octanol–water partition coefficient (Wildman–Crippen LogP) is 1.12. The molecule has 82 valence electrons. The van der Waals surface area contributed by atoms with Gasteiger partial charge in [0.1, 0.15) is 17.2 Å². The summed E-state index contributed by atoms with van der Waals surface area (Å²) in [5.41, 5.74) is 0.228. The van der Waals surface area contributed by atoms with Gasteiger partial charge in [-0.1, -0.05) is 0 Å². The van der Waals surface area contributed by atoms with Crippen molar-refractivity contribution in [1.82, 2.24) is 0 Å². The van der Waals surface area contributed by atoms with E-state index in [1.807, 2.05) is 0 Å². The van der Waals surface area contributed by atoms with Crippen molar-refractivity contribution in [3.05, 3.63) is 17.7 Å². The quantitative estimate of drug-likeness (QED) is 0.602.